The summed E-state index contributed by atoms with van der Waals surface area (Å²) in [5, 5.41) is 3.52. The summed E-state index contributed by atoms with van der Waals surface area (Å²) in [7, 11) is 0. The van der Waals surface area contributed by atoms with E-state index in [1.807, 2.05) is 13.0 Å². The van der Waals surface area contributed by atoms with Crippen molar-refractivity contribution in [2.45, 2.75) is 31.8 Å². The number of amides is 3. The van der Waals surface area contributed by atoms with Gasteiger partial charge in [-0.05, 0) is 37.6 Å². The molecule has 3 amide bonds. The fourth-order valence-electron chi connectivity index (χ4n) is 4.09. The number of fused-ring (bicyclic) bond motifs is 3. The summed E-state index contributed by atoms with van der Waals surface area (Å²) in [6, 6.07) is 9.98. The van der Waals surface area contributed by atoms with Crippen molar-refractivity contribution in [2.24, 2.45) is 0 Å². The summed E-state index contributed by atoms with van der Waals surface area (Å²) in [6.45, 7) is 2.01. The van der Waals surface area contributed by atoms with E-state index in [0.717, 1.165) is 0 Å². The van der Waals surface area contributed by atoms with Crippen LogP contribution in [-0.2, 0) is 9.59 Å². The van der Waals surface area contributed by atoms with Crippen LogP contribution >= 0.6 is 34.8 Å². The summed E-state index contributed by atoms with van der Waals surface area (Å²) in [5.41, 5.74) is 0.619. The lowest BCUT2D eigenvalue weighted by molar-refractivity contribution is -0.117. The van der Waals surface area contributed by atoms with Crippen LogP contribution in [0.3, 0.4) is 0 Å². The van der Waals surface area contributed by atoms with Crippen LogP contribution in [0.1, 0.15) is 36.5 Å². The molecular formula is C21H18Cl3N3O3. The number of hydrogen-bond donors (Lipinski definition) is 1. The maximum absolute atomic E-state index is 13.2. The third-order valence-corrected chi connectivity index (χ3v) is 6.63. The molecule has 1 unspecified atom stereocenters. The second-order valence-electron chi connectivity index (χ2n) is 7.46. The first-order valence-corrected chi connectivity index (χ1v) is 10.5. The van der Waals surface area contributed by atoms with Gasteiger partial charge in [0, 0.05) is 19.4 Å². The van der Waals surface area contributed by atoms with Gasteiger partial charge in [-0.25, -0.2) is 0 Å². The number of anilines is 2. The highest BCUT2D eigenvalue weighted by Crippen LogP contribution is 2.44. The number of para-hydroxylation sites is 1. The minimum atomic E-state index is -0.802. The molecule has 1 saturated heterocycles. The average Bonchev–Trinajstić information content (AvgIpc) is 3.01. The molecule has 2 aromatic carbocycles. The molecule has 0 spiro atoms. The van der Waals surface area contributed by atoms with E-state index in [1.54, 1.807) is 28.0 Å². The van der Waals surface area contributed by atoms with E-state index < -0.39 is 5.66 Å². The molecule has 156 valence electrons. The summed E-state index contributed by atoms with van der Waals surface area (Å²) in [6.07, 6.45) is 0.883. The molecule has 0 aliphatic carbocycles. The zero-order valence-corrected chi connectivity index (χ0v) is 18.3. The Morgan fingerprint density at radius 1 is 1.10 bits per heavy atom. The molecule has 6 nitrogen and oxygen atoms in total. The first-order chi connectivity index (χ1) is 14.2. The van der Waals surface area contributed by atoms with Gasteiger partial charge in [-0.15, -0.1) is 0 Å². The SMILES string of the molecule is CC12CCC(=O)N1c1ccccc1C(=O)N2CCC(=O)Nc1cc(Cl)c(Cl)cc1Cl. The molecule has 2 aliphatic rings. The van der Waals surface area contributed by atoms with E-state index in [0.29, 0.717) is 29.8 Å². The quantitative estimate of drug-likeness (QED) is 0.647. The molecule has 30 heavy (non-hydrogen) atoms. The molecule has 4 rings (SSSR count). The number of nitrogens with one attached hydrogen (secondary N) is 1. The van der Waals surface area contributed by atoms with Crippen LogP contribution in [0.15, 0.2) is 36.4 Å². The summed E-state index contributed by atoms with van der Waals surface area (Å²) in [5.74, 6) is -0.560. The van der Waals surface area contributed by atoms with Crippen LogP contribution < -0.4 is 10.2 Å². The molecule has 0 saturated carbocycles. The van der Waals surface area contributed by atoms with Gasteiger partial charge in [0.1, 0.15) is 5.66 Å². The van der Waals surface area contributed by atoms with Crippen LogP contribution in [0.25, 0.3) is 0 Å². The standard InChI is InChI=1S/C21H18Cl3N3O3/c1-21-8-6-19(29)27(21)17-5-3-2-4-12(17)20(30)26(21)9-7-18(28)25-16-11-14(23)13(22)10-15(16)24/h2-5,10-11H,6-9H2,1H3,(H,25,28). The van der Waals surface area contributed by atoms with E-state index in [9.17, 15) is 14.4 Å². The van der Waals surface area contributed by atoms with E-state index >= 15 is 0 Å². The molecule has 0 radical (unpaired) electrons. The third-order valence-electron chi connectivity index (χ3n) is 5.59. The van der Waals surface area contributed by atoms with E-state index in [4.69, 9.17) is 34.8 Å². The third kappa shape index (κ3) is 3.43. The lowest BCUT2D eigenvalue weighted by Crippen LogP contribution is -2.62. The summed E-state index contributed by atoms with van der Waals surface area (Å²) >= 11 is 18.0. The van der Waals surface area contributed by atoms with Gasteiger partial charge in [0.15, 0.2) is 0 Å². The summed E-state index contributed by atoms with van der Waals surface area (Å²) in [4.78, 5) is 41.6. The van der Waals surface area contributed by atoms with Crippen molar-refractivity contribution < 1.29 is 14.4 Å². The van der Waals surface area contributed by atoms with Crippen LogP contribution in [0.4, 0.5) is 11.4 Å². The van der Waals surface area contributed by atoms with Gasteiger partial charge in [0.25, 0.3) is 5.91 Å². The van der Waals surface area contributed by atoms with Crippen LogP contribution in [0, 0.1) is 0 Å². The topological polar surface area (TPSA) is 69.7 Å². The van der Waals surface area contributed by atoms with Gasteiger partial charge in [-0.1, -0.05) is 46.9 Å². The molecule has 1 atom stereocenters. The largest absolute Gasteiger partial charge is 0.325 e. The second-order valence-corrected chi connectivity index (χ2v) is 8.69. The highest BCUT2D eigenvalue weighted by Gasteiger charge is 2.52. The lowest BCUT2D eigenvalue weighted by atomic mass is 9.98. The van der Waals surface area contributed by atoms with Gasteiger partial charge in [-0.3, -0.25) is 19.3 Å². The van der Waals surface area contributed by atoms with Crippen molar-refractivity contribution >= 4 is 63.9 Å². The smallest absolute Gasteiger partial charge is 0.257 e. The Morgan fingerprint density at radius 3 is 2.57 bits per heavy atom. The molecule has 2 aromatic rings. The van der Waals surface area contributed by atoms with E-state index in [2.05, 4.69) is 5.32 Å². The Labute approximate surface area is 188 Å². The number of hydrogen-bond acceptors (Lipinski definition) is 3. The maximum atomic E-state index is 13.2. The van der Waals surface area contributed by atoms with Crippen molar-refractivity contribution in [1.82, 2.24) is 4.90 Å². The first-order valence-electron chi connectivity index (χ1n) is 9.41. The van der Waals surface area contributed by atoms with Gasteiger partial charge < -0.3 is 10.2 Å². The van der Waals surface area contributed by atoms with Gasteiger partial charge in [0.2, 0.25) is 11.8 Å². The Kier molecular flexibility index (Phi) is 5.43. The Morgan fingerprint density at radius 2 is 1.80 bits per heavy atom. The predicted octanol–water partition coefficient (Wildman–Crippen LogP) is 4.97. The molecule has 0 bridgehead atoms. The van der Waals surface area contributed by atoms with Crippen molar-refractivity contribution in [3.8, 4) is 0 Å². The maximum Gasteiger partial charge on any atom is 0.257 e. The predicted molar refractivity (Wildman–Crippen MR) is 117 cm³/mol. The zero-order chi connectivity index (χ0) is 21.6. The van der Waals surface area contributed by atoms with E-state index in [-0.39, 0.29) is 45.8 Å². The number of carbonyl (C=O) groups is 3. The number of carbonyl (C=O) groups excluding carboxylic acids is 3. The summed E-state index contributed by atoms with van der Waals surface area (Å²) < 4.78 is 0. The number of halogens is 3. The minimum Gasteiger partial charge on any atom is -0.325 e. The molecule has 2 aliphatic heterocycles. The van der Waals surface area contributed by atoms with Crippen molar-refractivity contribution in [3.63, 3.8) is 0 Å². The Balaban J connectivity index is 1.55. The average molecular weight is 467 g/mol. The first kappa shape index (κ1) is 21.0. The van der Waals surface area contributed by atoms with Crippen LogP contribution in [0.2, 0.25) is 15.1 Å². The van der Waals surface area contributed by atoms with Gasteiger partial charge >= 0.3 is 0 Å². The van der Waals surface area contributed by atoms with Crippen molar-refractivity contribution in [2.75, 3.05) is 16.8 Å². The highest BCUT2D eigenvalue weighted by atomic mass is 35.5. The van der Waals surface area contributed by atoms with Crippen molar-refractivity contribution in [3.05, 3.63) is 57.0 Å². The van der Waals surface area contributed by atoms with Gasteiger partial charge in [-0.2, -0.15) is 0 Å². The lowest BCUT2D eigenvalue weighted by Gasteiger charge is -2.48. The molecule has 0 aromatic heterocycles. The number of rotatable bonds is 4. The monoisotopic (exact) mass is 465 g/mol. The fourth-order valence-corrected chi connectivity index (χ4v) is 4.68. The highest BCUT2D eigenvalue weighted by molar-refractivity contribution is 6.44. The van der Waals surface area contributed by atoms with Gasteiger partial charge in [0.05, 0.1) is 32.0 Å². The molecule has 1 N–H and O–H groups in total. The molecule has 2 heterocycles. The normalized spacial score (nSPS) is 20.3. The zero-order valence-electron chi connectivity index (χ0n) is 16.0. The number of nitrogens with zero attached hydrogens (tertiary/aromatic N) is 2. The van der Waals surface area contributed by atoms with E-state index in [1.165, 1.54) is 12.1 Å². The number of benzene rings is 2. The Bertz CT molecular complexity index is 1070. The Hall–Kier alpha value is -2.28. The van der Waals surface area contributed by atoms with Crippen LogP contribution in [0.5, 0.6) is 0 Å². The molecular weight excluding hydrogens is 449 g/mol. The van der Waals surface area contributed by atoms with Crippen molar-refractivity contribution in [1.29, 1.82) is 0 Å². The minimum absolute atomic E-state index is 0.0299. The van der Waals surface area contributed by atoms with Crippen LogP contribution in [-0.4, -0.2) is 34.8 Å². The second kappa shape index (κ2) is 7.76. The molecule has 9 heteroatoms. The molecule has 1 fully saturated rings. The fraction of sp³-hybridized carbons (Fsp3) is 0.286.